The molecule has 4 aromatic rings. The third kappa shape index (κ3) is 9.41. The van der Waals surface area contributed by atoms with E-state index in [1.54, 1.807) is 48.4 Å². The van der Waals surface area contributed by atoms with Gasteiger partial charge in [-0.25, -0.2) is 4.68 Å². The predicted octanol–water partition coefficient (Wildman–Crippen LogP) is 6.17. The second-order valence-corrected chi connectivity index (χ2v) is 5.34. The summed E-state index contributed by atoms with van der Waals surface area (Å²) in [6.07, 6.45) is 4.50. The monoisotopic (exact) mass is 785 g/mol. The maximum atomic E-state index is 4.61. The molecule has 7 heteroatoms. The predicted molar refractivity (Wildman–Crippen MR) is 113 cm³/mol. The first-order valence-electron chi connectivity index (χ1n) is 8.38. The number of halogens is 2. The Balaban J connectivity index is 0.000000296. The van der Waals surface area contributed by atoms with Crippen molar-refractivity contribution in [1.82, 2.24) is 14.8 Å². The zero-order chi connectivity index (χ0) is 21.3. The Bertz CT molecular complexity index is 890. The molecule has 0 N–H and O–H groups in total. The Morgan fingerprint density at radius 3 is 2.14 bits per heavy atom. The summed E-state index contributed by atoms with van der Waals surface area (Å²) in [7, 11) is 9.22. The Morgan fingerprint density at radius 2 is 1.59 bits per heavy atom. The van der Waals surface area contributed by atoms with Crippen molar-refractivity contribution >= 4 is 18.8 Å². The van der Waals surface area contributed by atoms with Crippen LogP contribution in [-0.4, -0.2) is 14.8 Å². The van der Waals surface area contributed by atoms with Crippen molar-refractivity contribution in [2.75, 3.05) is 0 Å². The molecule has 0 saturated carbocycles. The molecule has 0 atom stereocenters. The summed E-state index contributed by atoms with van der Waals surface area (Å²) in [5.41, 5.74) is 3.19. The van der Waals surface area contributed by atoms with Gasteiger partial charge in [0.1, 0.15) is 5.82 Å². The van der Waals surface area contributed by atoms with E-state index >= 15 is 0 Å². The molecule has 3 nitrogen and oxygen atoms in total. The van der Waals surface area contributed by atoms with E-state index in [4.69, 9.17) is 0 Å². The number of aromatic nitrogens is 3. The van der Waals surface area contributed by atoms with Gasteiger partial charge in [-0.2, -0.15) is 11.5 Å². The van der Waals surface area contributed by atoms with E-state index in [-0.39, 0.29) is 0 Å². The molecule has 0 radical (unpaired) electrons. The molecule has 0 amide bonds. The number of benzene rings is 2. The number of hydrogen-bond acceptors (Lipinski definition) is 2. The van der Waals surface area contributed by atoms with Crippen molar-refractivity contribution in [1.29, 1.82) is 0 Å². The number of hydrogen-bond donors (Lipinski definition) is 0. The molecule has 2 aromatic carbocycles. The van der Waals surface area contributed by atoms with Crippen molar-refractivity contribution in [2.45, 2.75) is 6.42 Å². The van der Waals surface area contributed by atoms with Crippen molar-refractivity contribution < 1.29 is 37.5 Å². The van der Waals surface area contributed by atoms with Crippen LogP contribution in [0.1, 0.15) is 5.56 Å². The number of rotatable bonds is 3. The average molecular weight is 786 g/mol. The van der Waals surface area contributed by atoms with Crippen LogP contribution in [0.5, 0.6) is 0 Å². The van der Waals surface area contributed by atoms with Crippen molar-refractivity contribution in [3.8, 4) is 17.1 Å². The van der Waals surface area contributed by atoms with Crippen LogP contribution in [0.2, 0.25) is 0 Å². The van der Waals surface area contributed by atoms with Crippen LogP contribution < -0.4 is 0 Å². The second-order valence-electron chi connectivity index (χ2n) is 5.34. The van der Waals surface area contributed by atoms with Crippen molar-refractivity contribution in [2.24, 2.45) is 0 Å². The quantitative estimate of drug-likeness (QED) is 0.233. The van der Waals surface area contributed by atoms with Crippen molar-refractivity contribution in [3.05, 3.63) is 110 Å². The van der Waals surface area contributed by atoms with Crippen LogP contribution in [0, 0.1) is 13.0 Å². The van der Waals surface area contributed by atoms with Crippen molar-refractivity contribution in [3.63, 3.8) is 0 Å². The average Bonchev–Trinajstić information content (AvgIpc) is 3.38. The molecule has 0 fully saturated rings. The van der Waals surface area contributed by atoms with Crippen LogP contribution in [-0.2, 0) is 44.0 Å². The molecule has 0 spiro atoms. The molecule has 4 rings (SSSR count). The molecule has 2 aromatic heterocycles. The van der Waals surface area contributed by atoms with Crippen LogP contribution in [0.15, 0.2) is 91.3 Å². The third-order valence-electron chi connectivity index (χ3n) is 3.59. The maximum Gasteiger partial charge on any atom is 0.144 e. The van der Waals surface area contributed by atoms with Crippen LogP contribution in [0.25, 0.3) is 17.1 Å². The zero-order valence-corrected chi connectivity index (χ0v) is 21.4. The third-order valence-corrected chi connectivity index (χ3v) is 3.59. The second kappa shape index (κ2) is 16.5. The van der Waals surface area contributed by atoms with Crippen LogP contribution in [0.4, 0.5) is 0 Å². The summed E-state index contributed by atoms with van der Waals surface area (Å²) in [5, 5.41) is 4.17. The van der Waals surface area contributed by atoms with E-state index in [0.29, 0.717) is 0 Å². The summed E-state index contributed by atoms with van der Waals surface area (Å²) >= 11 is 3.22. The minimum Gasteiger partial charge on any atom is -0.279 e. The van der Waals surface area contributed by atoms with Gasteiger partial charge in [0.15, 0.2) is 0 Å². The van der Waals surface area contributed by atoms with E-state index in [2.05, 4.69) is 54.0 Å². The molecule has 156 valence electrons. The molecule has 29 heavy (non-hydrogen) atoms. The number of nitrogens with zero attached hydrogens (tertiary/aromatic N) is 3. The maximum absolute atomic E-state index is 4.61. The van der Waals surface area contributed by atoms with Gasteiger partial charge in [0, 0.05) is 12.4 Å². The Kier molecular flexibility index (Phi) is 14.7. The standard InChI is InChI=1S/C14H10N3.C8H9.2ClH.2Pt/c1-2-6-12(7-3-1)13-8-4-9-14(16-13)17-11-5-10-15-17;1-2-8-6-4-3-5-7-8;;;;/h1-6,8-11H;3-7H,1-2H2;2*1H;;/q2*-1;;;2*+2/p-2. The van der Waals surface area contributed by atoms with Crippen LogP contribution in [0.3, 0.4) is 0 Å². The summed E-state index contributed by atoms with van der Waals surface area (Å²) < 4.78 is 1.74. The van der Waals surface area contributed by atoms with Gasteiger partial charge in [-0.3, -0.25) is 4.98 Å². The van der Waals surface area contributed by atoms with E-state index in [9.17, 15) is 0 Å². The fraction of sp³-hybridized carbons (Fsp3) is 0.0455. The first-order valence-corrected chi connectivity index (χ1v) is 14.0. The first-order chi connectivity index (χ1) is 14.4. The molecular weight excluding hydrogens is 767 g/mol. The van der Waals surface area contributed by atoms with E-state index in [1.165, 1.54) is 5.56 Å². The summed E-state index contributed by atoms with van der Waals surface area (Å²) in [6, 6.07) is 28.9. The smallest absolute Gasteiger partial charge is 0.144 e. The van der Waals surface area contributed by atoms with Gasteiger partial charge >= 0.3 is 56.4 Å². The molecule has 0 aliphatic carbocycles. The Morgan fingerprint density at radius 1 is 0.862 bits per heavy atom. The SMILES string of the molecule is [CH2-]Cc1ccccc1.[Cl][Pt+].[Cl][Pt+].[c-]1ccccc1-c1cccc(-n2cccn2)n1. The van der Waals surface area contributed by atoms with Gasteiger partial charge in [-0.1, -0.05) is 48.0 Å². The molecule has 0 aliphatic rings. The zero-order valence-electron chi connectivity index (χ0n) is 15.3. The van der Waals surface area contributed by atoms with Gasteiger partial charge < -0.3 is 6.92 Å². The minimum absolute atomic E-state index is 0.810. The van der Waals surface area contributed by atoms with Gasteiger partial charge in [-0.05, 0) is 17.8 Å². The largest absolute Gasteiger partial charge is 0.279 e. The van der Waals surface area contributed by atoms with E-state index < -0.39 is 0 Å². The summed E-state index contributed by atoms with van der Waals surface area (Å²) in [5.74, 6) is 0.810. The van der Waals surface area contributed by atoms with Gasteiger partial charge in [0.2, 0.25) is 0 Å². The first kappa shape index (κ1) is 25.8. The molecule has 0 aliphatic heterocycles. The van der Waals surface area contributed by atoms with E-state index in [1.807, 2.05) is 72.9 Å². The number of pyridine rings is 1. The van der Waals surface area contributed by atoms with Gasteiger partial charge in [0.05, 0.1) is 0 Å². The van der Waals surface area contributed by atoms with Gasteiger partial charge in [0.25, 0.3) is 0 Å². The summed E-state index contributed by atoms with van der Waals surface area (Å²) in [4.78, 5) is 4.55. The molecule has 0 unspecified atom stereocenters. The topological polar surface area (TPSA) is 30.7 Å². The molecular formula is C22H19Cl2N3Pt2. The van der Waals surface area contributed by atoms with E-state index in [0.717, 1.165) is 23.5 Å². The fourth-order valence-corrected chi connectivity index (χ4v) is 2.30. The Labute approximate surface area is 203 Å². The fourth-order valence-electron chi connectivity index (χ4n) is 2.30. The van der Waals surface area contributed by atoms with Gasteiger partial charge in [-0.15, -0.1) is 35.9 Å². The molecule has 2 heterocycles. The van der Waals surface area contributed by atoms with Crippen LogP contribution >= 0.6 is 18.8 Å². The minimum atomic E-state index is 0.810. The normalized spacial score (nSPS) is 9.07. The molecule has 0 saturated heterocycles. The summed E-state index contributed by atoms with van der Waals surface area (Å²) in [6.45, 7) is 3.76. The Hall–Kier alpha value is -1.24. The molecule has 0 bridgehead atoms.